The van der Waals surface area contributed by atoms with E-state index in [9.17, 15) is 9.59 Å². The molecule has 1 rings (SSSR count). The Hall–Kier alpha value is -1.35. The van der Waals surface area contributed by atoms with Crippen molar-refractivity contribution in [3.8, 4) is 0 Å². The summed E-state index contributed by atoms with van der Waals surface area (Å²) in [4.78, 5) is 22.1. The molecule has 0 saturated carbocycles. The van der Waals surface area contributed by atoms with E-state index in [0.29, 0.717) is 17.0 Å². The molecule has 86 valence electrons. The van der Waals surface area contributed by atoms with Crippen LogP contribution < -0.4 is 0 Å². The maximum absolute atomic E-state index is 11.7. The molecule has 0 amide bonds. The summed E-state index contributed by atoms with van der Waals surface area (Å²) in [7, 11) is 0. The van der Waals surface area contributed by atoms with Gasteiger partial charge in [0.25, 0.3) is 0 Å². The summed E-state index contributed by atoms with van der Waals surface area (Å²) >= 11 is 5.80. The van der Waals surface area contributed by atoms with E-state index in [4.69, 9.17) is 16.7 Å². The Balaban J connectivity index is 2.65. The predicted molar refractivity (Wildman–Crippen MR) is 62.0 cm³/mol. The number of aryl methyl sites for hydroxylation is 1. The molecule has 0 bridgehead atoms. The molecule has 1 aromatic rings. The number of hydrogen-bond donors (Lipinski definition) is 1. The van der Waals surface area contributed by atoms with Gasteiger partial charge in [-0.15, -0.1) is 0 Å². The molecule has 0 aliphatic heterocycles. The average Bonchev–Trinajstić information content (AvgIpc) is 2.21. The molecule has 0 unspecified atom stereocenters. The fourth-order valence-corrected chi connectivity index (χ4v) is 1.60. The highest BCUT2D eigenvalue weighted by atomic mass is 35.5. The van der Waals surface area contributed by atoms with E-state index < -0.39 is 5.97 Å². The summed E-state index contributed by atoms with van der Waals surface area (Å²) in [5.74, 6) is -0.933. The number of aliphatic carboxylic acids is 1. The highest BCUT2D eigenvalue weighted by Gasteiger charge is 2.10. The molecule has 0 heterocycles. The van der Waals surface area contributed by atoms with Gasteiger partial charge in [0.15, 0.2) is 5.78 Å². The highest BCUT2D eigenvalue weighted by Crippen LogP contribution is 2.17. The van der Waals surface area contributed by atoms with Crippen LogP contribution in [0.1, 0.15) is 35.2 Å². The smallest absolute Gasteiger partial charge is 0.303 e. The van der Waals surface area contributed by atoms with E-state index in [1.165, 1.54) is 0 Å². The number of carbonyl (C=O) groups is 2. The molecule has 4 heteroatoms. The van der Waals surface area contributed by atoms with Crippen LogP contribution in [-0.4, -0.2) is 16.9 Å². The minimum atomic E-state index is -0.879. The fourth-order valence-electron chi connectivity index (χ4n) is 1.43. The van der Waals surface area contributed by atoms with Crippen molar-refractivity contribution in [1.29, 1.82) is 0 Å². The van der Waals surface area contributed by atoms with Gasteiger partial charge in [-0.1, -0.05) is 17.7 Å². The summed E-state index contributed by atoms with van der Waals surface area (Å²) < 4.78 is 0. The molecule has 0 aliphatic rings. The van der Waals surface area contributed by atoms with Crippen LogP contribution in [0.2, 0.25) is 5.02 Å². The van der Waals surface area contributed by atoms with Crippen molar-refractivity contribution in [2.24, 2.45) is 0 Å². The Labute approximate surface area is 99.0 Å². The summed E-state index contributed by atoms with van der Waals surface area (Å²) in [6.07, 6.45) is 0.624. The van der Waals surface area contributed by atoms with Crippen LogP contribution in [0.25, 0.3) is 0 Å². The molecule has 0 spiro atoms. The van der Waals surface area contributed by atoms with Gasteiger partial charge in [0.05, 0.1) is 0 Å². The van der Waals surface area contributed by atoms with E-state index in [1.807, 2.05) is 6.92 Å². The number of hydrogen-bond acceptors (Lipinski definition) is 2. The quantitative estimate of drug-likeness (QED) is 0.805. The van der Waals surface area contributed by atoms with Crippen LogP contribution >= 0.6 is 11.6 Å². The lowest BCUT2D eigenvalue weighted by atomic mass is 10.0. The Kier molecular flexibility index (Phi) is 4.50. The SMILES string of the molecule is Cc1ccc(Cl)cc1C(=O)CCCC(=O)O. The summed E-state index contributed by atoms with van der Waals surface area (Å²) in [5, 5.41) is 8.98. The molecule has 0 aliphatic carbocycles. The van der Waals surface area contributed by atoms with Gasteiger partial charge in [0.2, 0.25) is 0 Å². The summed E-state index contributed by atoms with van der Waals surface area (Å²) in [5.41, 5.74) is 1.45. The maximum Gasteiger partial charge on any atom is 0.303 e. The fraction of sp³-hybridized carbons (Fsp3) is 0.333. The lowest BCUT2D eigenvalue weighted by Crippen LogP contribution is -2.03. The monoisotopic (exact) mass is 240 g/mol. The maximum atomic E-state index is 11.7. The zero-order chi connectivity index (χ0) is 12.1. The molecule has 0 aromatic heterocycles. The van der Waals surface area contributed by atoms with Crippen molar-refractivity contribution in [2.75, 3.05) is 0 Å². The third-order valence-electron chi connectivity index (χ3n) is 2.29. The third-order valence-corrected chi connectivity index (χ3v) is 2.53. The number of Topliss-reactive ketones (excluding diaryl/α,β-unsaturated/α-hetero) is 1. The van der Waals surface area contributed by atoms with Crippen molar-refractivity contribution >= 4 is 23.4 Å². The van der Waals surface area contributed by atoms with Gasteiger partial charge in [-0.2, -0.15) is 0 Å². The van der Waals surface area contributed by atoms with Crippen LogP contribution in [-0.2, 0) is 4.79 Å². The first-order valence-corrected chi connectivity index (χ1v) is 5.39. The molecular weight excluding hydrogens is 228 g/mol. The lowest BCUT2D eigenvalue weighted by Gasteiger charge is -2.04. The molecular formula is C12H13ClO3. The number of rotatable bonds is 5. The molecule has 0 saturated heterocycles. The van der Waals surface area contributed by atoms with E-state index >= 15 is 0 Å². The predicted octanol–water partition coefficient (Wildman–Crippen LogP) is 3.09. The van der Waals surface area contributed by atoms with Crippen molar-refractivity contribution in [2.45, 2.75) is 26.2 Å². The summed E-state index contributed by atoms with van der Waals surface area (Å²) in [6.45, 7) is 1.83. The van der Waals surface area contributed by atoms with Crippen LogP contribution in [0.4, 0.5) is 0 Å². The van der Waals surface area contributed by atoms with E-state index in [0.717, 1.165) is 5.56 Å². The Morgan fingerprint density at radius 1 is 1.31 bits per heavy atom. The van der Waals surface area contributed by atoms with E-state index in [1.54, 1.807) is 18.2 Å². The van der Waals surface area contributed by atoms with Crippen LogP contribution in [0.5, 0.6) is 0 Å². The van der Waals surface area contributed by atoms with Crippen LogP contribution in [0, 0.1) is 6.92 Å². The van der Waals surface area contributed by atoms with Gasteiger partial charge in [0, 0.05) is 23.4 Å². The molecule has 3 nitrogen and oxygen atoms in total. The standard InChI is InChI=1S/C12H13ClO3/c1-8-5-6-9(13)7-10(8)11(14)3-2-4-12(15)16/h5-7H,2-4H2,1H3,(H,15,16). The minimum Gasteiger partial charge on any atom is -0.481 e. The van der Waals surface area contributed by atoms with E-state index in [-0.39, 0.29) is 18.6 Å². The van der Waals surface area contributed by atoms with Gasteiger partial charge in [-0.05, 0) is 31.0 Å². The number of carbonyl (C=O) groups excluding carboxylic acids is 1. The first kappa shape index (κ1) is 12.7. The van der Waals surface area contributed by atoms with Crippen LogP contribution in [0.3, 0.4) is 0 Å². The number of carboxylic acid groups (broad SMARTS) is 1. The number of ketones is 1. The second-order valence-corrected chi connectivity index (χ2v) is 4.07. The van der Waals surface area contributed by atoms with Gasteiger partial charge in [-0.25, -0.2) is 0 Å². The van der Waals surface area contributed by atoms with Gasteiger partial charge >= 0.3 is 5.97 Å². The van der Waals surface area contributed by atoms with Crippen molar-refractivity contribution < 1.29 is 14.7 Å². The second-order valence-electron chi connectivity index (χ2n) is 3.63. The van der Waals surface area contributed by atoms with Crippen molar-refractivity contribution in [3.05, 3.63) is 34.3 Å². The number of halogens is 1. The normalized spacial score (nSPS) is 10.1. The topological polar surface area (TPSA) is 54.4 Å². The average molecular weight is 241 g/mol. The third kappa shape index (κ3) is 3.66. The molecule has 1 N–H and O–H groups in total. The Morgan fingerprint density at radius 3 is 2.62 bits per heavy atom. The lowest BCUT2D eigenvalue weighted by molar-refractivity contribution is -0.137. The Bertz CT molecular complexity index is 413. The van der Waals surface area contributed by atoms with Gasteiger partial charge in [0.1, 0.15) is 0 Å². The molecule has 1 aromatic carbocycles. The zero-order valence-electron chi connectivity index (χ0n) is 9.00. The molecule has 0 radical (unpaired) electrons. The zero-order valence-corrected chi connectivity index (χ0v) is 9.75. The number of carboxylic acids is 1. The van der Waals surface area contributed by atoms with Gasteiger partial charge < -0.3 is 5.11 Å². The summed E-state index contributed by atoms with van der Waals surface area (Å²) in [6, 6.07) is 5.14. The Morgan fingerprint density at radius 2 is 2.00 bits per heavy atom. The van der Waals surface area contributed by atoms with Crippen molar-refractivity contribution in [1.82, 2.24) is 0 Å². The van der Waals surface area contributed by atoms with Crippen molar-refractivity contribution in [3.63, 3.8) is 0 Å². The first-order chi connectivity index (χ1) is 7.50. The highest BCUT2D eigenvalue weighted by molar-refractivity contribution is 6.31. The van der Waals surface area contributed by atoms with E-state index in [2.05, 4.69) is 0 Å². The second kappa shape index (κ2) is 5.66. The first-order valence-electron chi connectivity index (χ1n) is 5.02. The number of benzene rings is 1. The largest absolute Gasteiger partial charge is 0.481 e. The molecule has 0 atom stereocenters. The molecule has 16 heavy (non-hydrogen) atoms. The van der Waals surface area contributed by atoms with Gasteiger partial charge in [-0.3, -0.25) is 9.59 Å². The van der Waals surface area contributed by atoms with Crippen LogP contribution in [0.15, 0.2) is 18.2 Å². The molecule has 0 fully saturated rings. The minimum absolute atomic E-state index is 0.0192.